The zero-order chi connectivity index (χ0) is 26.5. The molecule has 1 aliphatic heterocycles. The van der Waals surface area contributed by atoms with Crippen molar-refractivity contribution in [2.45, 2.75) is 12.5 Å². The van der Waals surface area contributed by atoms with Crippen LogP contribution in [0, 0.1) is 5.92 Å². The van der Waals surface area contributed by atoms with Crippen LogP contribution < -0.4 is 5.73 Å². The van der Waals surface area contributed by atoms with Crippen molar-refractivity contribution < 1.29 is 19.1 Å². The quantitative estimate of drug-likeness (QED) is 0.231. The Balaban J connectivity index is 1.91. The zero-order valence-electron chi connectivity index (χ0n) is 19.8. The summed E-state index contributed by atoms with van der Waals surface area (Å²) >= 11 is 13.1. The summed E-state index contributed by atoms with van der Waals surface area (Å²) in [6, 6.07) is 21.0. The van der Waals surface area contributed by atoms with E-state index in [1.54, 1.807) is 48.5 Å². The monoisotopic (exact) mass is 534 g/mol. The van der Waals surface area contributed by atoms with E-state index in [9.17, 15) is 14.4 Å². The van der Waals surface area contributed by atoms with Crippen LogP contribution in [0.3, 0.4) is 0 Å². The Kier molecular flexibility index (Phi) is 8.11. The fraction of sp³-hybridized carbons (Fsp3) is 0.138. The van der Waals surface area contributed by atoms with Gasteiger partial charge in [-0.2, -0.15) is 0 Å². The molecule has 188 valence electrons. The van der Waals surface area contributed by atoms with Crippen LogP contribution in [0.25, 0.3) is 5.70 Å². The number of benzene rings is 3. The predicted octanol–water partition coefficient (Wildman–Crippen LogP) is 5.60. The lowest BCUT2D eigenvalue weighted by molar-refractivity contribution is -0.155. The van der Waals surface area contributed by atoms with E-state index in [4.69, 9.17) is 33.7 Å². The third-order valence-electron chi connectivity index (χ3n) is 6.10. The molecule has 0 radical (unpaired) electrons. The van der Waals surface area contributed by atoms with Crippen LogP contribution in [0.2, 0.25) is 10.0 Å². The molecular formula is C29H24Cl2N2O4. The molecule has 4 rings (SSSR count). The first-order valence-corrected chi connectivity index (χ1v) is 12.3. The summed E-state index contributed by atoms with van der Waals surface area (Å²) in [7, 11) is 0. The first-order valence-electron chi connectivity index (χ1n) is 11.5. The number of nitrogens with two attached hydrogens (primary N) is 1. The van der Waals surface area contributed by atoms with E-state index in [1.165, 1.54) is 11.0 Å². The minimum Gasteiger partial charge on any atom is -0.461 e. The highest BCUT2D eigenvalue weighted by atomic mass is 35.5. The van der Waals surface area contributed by atoms with Gasteiger partial charge in [-0.15, -0.1) is 0 Å². The number of hydrogen-bond donors (Lipinski definition) is 1. The van der Waals surface area contributed by atoms with Gasteiger partial charge in [-0.3, -0.25) is 14.4 Å². The van der Waals surface area contributed by atoms with Crippen LogP contribution in [0.5, 0.6) is 0 Å². The normalized spacial score (nSPS) is 17.2. The molecule has 0 aliphatic carbocycles. The second kappa shape index (κ2) is 11.5. The lowest BCUT2D eigenvalue weighted by Crippen LogP contribution is -2.45. The molecule has 8 heteroatoms. The Labute approximate surface area is 224 Å². The minimum absolute atomic E-state index is 0.0462. The van der Waals surface area contributed by atoms with Crippen LogP contribution in [-0.2, 0) is 20.9 Å². The van der Waals surface area contributed by atoms with Crippen molar-refractivity contribution in [3.05, 3.63) is 124 Å². The van der Waals surface area contributed by atoms with Crippen molar-refractivity contribution in [1.82, 2.24) is 4.90 Å². The van der Waals surface area contributed by atoms with Crippen molar-refractivity contribution in [2.75, 3.05) is 6.61 Å². The Morgan fingerprint density at radius 1 is 0.973 bits per heavy atom. The molecule has 2 N–H and O–H groups in total. The second-order valence-corrected chi connectivity index (χ2v) is 9.28. The van der Waals surface area contributed by atoms with Gasteiger partial charge in [0.25, 0.3) is 0 Å². The number of primary amides is 1. The number of amides is 2. The fourth-order valence-corrected chi connectivity index (χ4v) is 4.99. The Bertz CT molecular complexity index is 1350. The first kappa shape index (κ1) is 26.2. The average Bonchev–Trinajstić information content (AvgIpc) is 2.89. The SMILES string of the molecule is C=CCOC(=O)C1C(=O)N(Cc2ccccc2)C(c2ccc(C(N)=O)cc2)=CC1c1c(Cl)cccc1Cl. The summed E-state index contributed by atoms with van der Waals surface area (Å²) in [5.41, 5.74) is 8.25. The van der Waals surface area contributed by atoms with Crippen molar-refractivity contribution >= 4 is 46.7 Å². The number of carbonyl (C=O) groups is 3. The fourth-order valence-electron chi connectivity index (χ4n) is 4.34. The zero-order valence-corrected chi connectivity index (χ0v) is 21.3. The van der Waals surface area contributed by atoms with Gasteiger partial charge in [0.2, 0.25) is 11.8 Å². The topological polar surface area (TPSA) is 89.7 Å². The van der Waals surface area contributed by atoms with Gasteiger partial charge in [-0.05, 0) is 41.0 Å². The van der Waals surface area contributed by atoms with E-state index in [0.29, 0.717) is 32.4 Å². The predicted molar refractivity (Wildman–Crippen MR) is 144 cm³/mol. The molecule has 6 nitrogen and oxygen atoms in total. The van der Waals surface area contributed by atoms with Crippen molar-refractivity contribution in [3.63, 3.8) is 0 Å². The summed E-state index contributed by atoms with van der Waals surface area (Å²) in [6.07, 6.45) is 3.24. The Morgan fingerprint density at radius 3 is 2.22 bits per heavy atom. The summed E-state index contributed by atoms with van der Waals surface area (Å²) in [4.78, 5) is 40.5. The number of hydrogen-bond acceptors (Lipinski definition) is 4. The number of halogens is 2. The van der Waals surface area contributed by atoms with E-state index in [-0.39, 0.29) is 13.2 Å². The average molecular weight is 535 g/mol. The molecule has 0 saturated carbocycles. The molecule has 1 heterocycles. The van der Waals surface area contributed by atoms with Gasteiger partial charge in [0.1, 0.15) is 12.5 Å². The van der Waals surface area contributed by atoms with Crippen LogP contribution in [0.1, 0.15) is 33.0 Å². The third-order valence-corrected chi connectivity index (χ3v) is 6.76. The number of nitrogens with zero attached hydrogens (tertiary/aromatic N) is 1. The molecule has 3 aromatic rings. The smallest absolute Gasteiger partial charge is 0.319 e. The second-order valence-electron chi connectivity index (χ2n) is 8.46. The van der Waals surface area contributed by atoms with Gasteiger partial charge in [-0.1, -0.05) is 90.5 Å². The van der Waals surface area contributed by atoms with Crippen LogP contribution in [-0.4, -0.2) is 29.3 Å². The molecule has 0 saturated heterocycles. The molecule has 3 aromatic carbocycles. The highest BCUT2D eigenvalue weighted by Crippen LogP contribution is 2.44. The van der Waals surface area contributed by atoms with Gasteiger partial charge < -0.3 is 15.4 Å². The maximum absolute atomic E-state index is 14.1. The summed E-state index contributed by atoms with van der Waals surface area (Å²) in [5.74, 6) is -3.76. The molecule has 2 atom stereocenters. The van der Waals surface area contributed by atoms with Gasteiger partial charge >= 0.3 is 5.97 Å². The van der Waals surface area contributed by atoms with Crippen LogP contribution >= 0.6 is 23.2 Å². The van der Waals surface area contributed by atoms with Crippen molar-refractivity contribution in [3.8, 4) is 0 Å². The van der Waals surface area contributed by atoms with Crippen molar-refractivity contribution in [2.24, 2.45) is 11.7 Å². The third kappa shape index (κ3) is 5.61. The minimum atomic E-state index is -1.23. The van der Waals surface area contributed by atoms with Gasteiger partial charge in [-0.25, -0.2) is 0 Å². The maximum Gasteiger partial charge on any atom is 0.319 e. The lowest BCUT2D eigenvalue weighted by Gasteiger charge is -2.37. The largest absolute Gasteiger partial charge is 0.461 e. The summed E-state index contributed by atoms with van der Waals surface area (Å²) in [6.45, 7) is 3.74. The number of ether oxygens (including phenoxy) is 1. The number of esters is 1. The van der Waals surface area contributed by atoms with Crippen molar-refractivity contribution in [1.29, 1.82) is 0 Å². The number of rotatable bonds is 8. The Hall–Kier alpha value is -3.87. The van der Waals surface area contributed by atoms with Crippen LogP contribution in [0.15, 0.2) is 91.5 Å². The summed E-state index contributed by atoms with van der Waals surface area (Å²) in [5, 5.41) is 0.644. The van der Waals surface area contributed by atoms with E-state index in [0.717, 1.165) is 5.56 Å². The molecule has 0 bridgehead atoms. The highest BCUT2D eigenvalue weighted by molar-refractivity contribution is 6.36. The molecule has 0 fully saturated rings. The molecule has 1 aliphatic rings. The molecular weight excluding hydrogens is 511 g/mol. The lowest BCUT2D eigenvalue weighted by atomic mass is 9.80. The Morgan fingerprint density at radius 2 is 1.62 bits per heavy atom. The molecule has 0 aromatic heterocycles. The van der Waals surface area contributed by atoms with E-state index in [2.05, 4.69) is 6.58 Å². The number of allylic oxidation sites excluding steroid dienone is 1. The van der Waals surface area contributed by atoms with Gasteiger partial charge in [0.15, 0.2) is 0 Å². The standard InChI is InChI=1S/C29H24Cl2N2O4/c1-2-15-37-29(36)26-21(25-22(30)9-6-10-23(25)31)16-24(19-11-13-20(14-12-19)27(32)34)33(28(26)35)17-18-7-4-3-5-8-18/h2-14,16,21,26H,1,15,17H2,(H2,32,34). The molecule has 2 unspecified atom stereocenters. The molecule has 0 spiro atoms. The summed E-state index contributed by atoms with van der Waals surface area (Å²) < 4.78 is 5.34. The first-order chi connectivity index (χ1) is 17.8. The van der Waals surface area contributed by atoms with E-state index < -0.39 is 29.6 Å². The number of carbonyl (C=O) groups excluding carboxylic acids is 3. The highest BCUT2D eigenvalue weighted by Gasteiger charge is 2.45. The van der Waals surface area contributed by atoms with Gasteiger partial charge in [0.05, 0.1) is 6.54 Å². The van der Waals surface area contributed by atoms with Gasteiger partial charge in [0, 0.05) is 27.2 Å². The van der Waals surface area contributed by atoms with E-state index >= 15 is 0 Å². The molecule has 2 amide bonds. The molecule has 37 heavy (non-hydrogen) atoms. The van der Waals surface area contributed by atoms with Crippen LogP contribution in [0.4, 0.5) is 0 Å². The van der Waals surface area contributed by atoms with E-state index in [1.807, 2.05) is 30.3 Å². The maximum atomic E-state index is 14.1.